The molecule has 0 bridgehead atoms. The number of anilines is 2. The summed E-state index contributed by atoms with van der Waals surface area (Å²) in [6, 6.07) is 6.59. The first kappa shape index (κ1) is 10.1. The molecule has 5 heteroatoms. The zero-order chi connectivity index (χ0) is 11.4. The lowest BCUT2D eigenvalue weighted by Gasteiger charge is -2.03. The summed E-state index contributed by atoms with van der Waals surface area (Å²) in [4.78, 5) is 19.5. The molecule has 2 aromatic heterocycles. The fourth-order valence-corrected chi connectivity index (χ4v) is 1.17. The Kier molecular flexibility index (Phi) is 2.77. The van der Waals surface area contributed by atoms with E-state index in [1.807, 2.05) is 0 Å². The Morgan fingerprint density at radius 3 is 2.56 bits per heavy atom. The van der Waals surface area contributed by atoms with Crippen LogP contribution >= 0.6 is 0 Å². The molecular weight excluding hydrogens is 204 g/mol. The Morgan fingerprint density at radius 2 is 1.94 bits per heavy atom. The number of nitrogens with one attached hydrogen (secondary N) is 1. The van der Waals surface area contributed by atoms with E-state index in [1.54, 1.807) is 36.7 Å². The number of rotatable bonds is 2. The number of hydrogen-bond donors (Lipinski definition) is 2. The fourth-order valence-electron chi connectivity index (χ4n) is 1.17. The molecule has 16 heavy (non-hydrogen) atoms. The summed E-state index contributed by atoms with van der Waals surface area (Å²) in [5.74, 6) is 0.246. The Labute approximate surface area is 92.3 Å². The van der Waals surface area contributed by atoms with Crippen LogP contribution in [0.4, 0.5) is 11.5 Å². The Morgan fingerprint density at radius 1 is 1.19 bits per heavy atom. The largest absolute Gasteiger partial charge is 0.397 e. The minimum Gasteiger partial charge on any atom is -0.397 e. The van der Waals surface area contributed by atoms with Crippen LogP contribution in [0.3, 0.4) is 0 Å². The van der Waals surface area contributed by atoms with E-state index in [2.05, 4.69) is 15.3 Å². The van der Waals surface area contributed by atoms with Gasteiger partial charge in [0.05, 0.1) is 11.9 Å². The first-order valence-corrected chi connectivity index (χ1v) is 4.68. The summed E-state index contributed by atoms with van der Waals surface area (Å²) >= 11 is 0. The summed E-state index contributed by atoms with van der Waals surface area (Å²) in [5, 5.41) is 2.65. The van der Waals surface area contributed by atoms with Gasteiger partial charge in [0.25, 0.3) is 5.91 Å². The van der Waals surface area contributed by atoms with Crippen molar-refractivity contribution in [3.8, 4) is 0 Å². The van der Waals surface area contributed by atoms with E-state index in [0.29, 0.717) is 17.1 Å². The van der Waals surface area contributed by atoms with Crippen molar-refractivity contribution in [2.45, 2.75) is 0 Å². The van der Waals surface area contributed by atoms with Gasteiger partial charge in [-0.1, -0.05) is 0 Å². The molecular formula is C11H10N4O. The Balaban J connectivity index is 2.11. The minimum absolute atomic E-state index is 0.223. The van der Waals surface area contributed by atoms with Crippen LogP contribution in [0.5, 0.6) is 0 Å². The number of nitrogen functional groups attached to an aromatic ring is 1. The van der Waals surface area contributed by atoms with Crippen LogP contribution in [0.15, 0.2) is 42.9 Å². The number of amides is 1. The highest BCUT2D eigenvalue weighted by atomic mass is 16.1. The van der Waals surface area contributed by atoms with Gasteiger partial charge in [-0.05, 0) is 24.3 Å². The minimum atomic E-state index is -0.223. The van der Waals surface area contributed by atoms with Crippen molar-refractivity contribution in [1.29, 1.82) is 0 Å². The van der Waals surface area contributed by atoms with Crippen molar-refractivity contribution < 1.29 is 4.79 Å². The van der Waals surface area contributed by atoms with Gasteiger partial charge in [-0.3, -0.25) is 9.78 Å². The topological polar surface area (TPSA) is 80.9 Å². The molecule has 0 atom stereocenters. The average molecular weight is 214 g/mol. The van der Waals surface area contributed by atoms with Crippen LogP contribution < -0.4 is 11.1 Å². The molecule has 0 aliphatic carbocycles. The monoisotopic (exact) mass is 214 g/mol. The van der Waals surface area contributed by atoms with Crippen molar-refractivity contribution >= 4 is 17.4 Å². The number of hydrogen-bond acceptors (Lipinski definition) is 4. The third kappa shape index (κ3) is 2.33. The van der Waals surface area contributed by atoms with E-state index >= 15 is 0 Å². The fraction of sp³-hybridized carbons (Fsp3) is 0. The zero-order valence-electron chi connectivity index (χ0n) is 8.42. The van der Waals surface area contributed by atoms with Crippen LogP contribution in [0.1, 0.15) is 10.4 Å². The van der Waals surface area contributed by atoms with Gasteiger partial charge in [-0.15, -0.1) is 0 Å². The van der Waals surface area contributed by atoms with E-state index in [1.165, 1.54) is 6.20 Å². The first-order chi connectivity index (χ1) is 7.75. The summed E-state index contributed by atoms with van der Waals surface area (Å²) in [5.41, 5.74) is 6.58. The van der Waals surface area contributed by atoms with Gasteiger partial charge in [-0.2, -0.15) is 0 Å². The first-order valence-electron chi connectivity index (χ1n) is 4.68. The number of carbonyl (C=O) groups excluding carboxylic acids is 1. The van der Waals surface area contributed by atoms with Gasteiger partial charge in [0, 0.05) is 18.0 Å². The summed E-state index contributed by atoms with van der Waals surface area (Å²) in [7, 11) is 0. The van der Waals surface area contributed by atoms with Gasteiger partial charge in [0.1, 0.15) is 5.82 Å². The molecule has 2 heterocycles. The van der Waals surface area contributed by atoms with Crippen LogP contribution in [-0.2, 0) is 0 Å². The molecule has 2 aromatic rings. The molecule has 0 aromatic carbocycles. The molecule has 2 rings (SSSR count). The second-order valence-corrected chi connectivity index (χ2v) is 3.17. The van der Waals surface area contributed by atoms with Gasteiger partial charge in [0.15, 0.2) is 0 Å². The smallest absolute Gasteiger partial charge is 0.256 e. The van der Waals surface area contributed by atoms with Crippen LogP contribution in [0.25, 0.3) is 0 Å². The Bertz CT molecular complexity index is 481. The molecule has 0 unspecified atom stereocenters. The average Bonchev–Trinajstić information content (AvgIpc) is 2.33. The molecule has 80 valence electrons. The van der Waals surface area contributed by atoms with Crippen molar-refractivity contribution in [2.24, 2.45) is 0 Å². The van der Waals surface area contributed by atoms with Crippen LogP contribution in [-0.4, -0.2) is 15.9 Å². The van der Waals surface area contributed by atoms with Crippen LogP contribution in [0, 0.1) is 0 Å². The number of aromatic nitrogens is 2. The van der Waals surface area contributed by atoms with Gasteiger partial charge in [-0.25, -0.2) is 4.98 Å². The molecule has 0 aliphatic heterocycles. The third-order valence-corrected chi connectivity index (χ3v) is 1.97. The maximum Gasteiger partial charge on any atom is 0.256 e. The zero-order valence-corrected chi connectivity index (χ0v) is 8.42. The maximum atomic E-state index is 11.7. The third-order valence-electron chi connectivity index (χ3n) is 1.97. The Hall–Kier alpha value is -2.43. The molecule has 3 N–H and O–H groups in total. The van der Waals surface area contributed by atoms with E-state index in [-0.39, 0.29) is 5.91 Å². The second-order valence-electron chi connectivity index (χ2n) is 3.17. The molecule has 0 radical (unpaired) electrons. The molecule has 1 amide bonds. The van der Waals surface area contributed by atoms with E-state index in [0.717, 1.165) is 0 Å². The van der Waals surface area contributed by atoms with Gasteiger partial charge in [0.2, 0.25) is 0 Å². The predicted molar refractivity (Wildman–Crippen MR) is 60.8 cm³/mol. The normalized spacial score (nSPS) is 9.75. The van der Waals surface area contributed by atoms with Crippen molar-refractivity contribution in [3.63, 3.8) is 0 Å². The van der Waals surface area contributed by atoms with Crippen molar-refractivity contribution in [3.05, 3.63) is 48.4 Å². The van der Waals surface area contributed by atoms with Crippen molar-refractivity contribution in [1.82, 2.24) is 9.97 Å². The van der Waals surface area contributed by atoms with Gasteiger partial charge < -0.3 is 11.1 Å². The van der Waals surface area contributed by atoms with E-state index in [9.17, 15) is 4.79 Å². The summed E-state index contributed by atoms with van der Waals surface area (Å²) in [6.07, 6.45) is 4.61. The standard InChI is InChI=1S/C11H10N4O/c12-9-1-2-10(14-7-9)15-11(16)8-3-5-13-6-4-8/h1-7H,12H2,(H,14,15,16). The number of nitrogens with two attached hydrogens (primary N) is 1. The van der Waals surface area contributed by atoms with E-state index in [4.69, 9.17) is 5.73 Å². The molecule has 0 fully saturated rings. The number of pyridine rings is 2. The second kappa shape index (κ2) is 4.39. The lowest BCUT2D eigenvalue weighted by atomic mass is 10.2. The van der Waals surface area contributed by atoms with Gasteiger partial charge >= 0.3 is 0 Å². The highest BCUT2D eigenvalue weighted by molar-refractivity contribution is 6.03. The number of carbonyl (C=O) groups is 1. The summed E-state index contributed by atoms with van der Waals surface area (Å²) in [6.45, 7) is 0. The quantitative estimate of drug-likeness (QED) is 0.789. The SMILES string of the molecule is Nc1ccc(NC(=O)c2ccncc2)nc1. The maximum absolute atomic E-state index is 11.7. The lowest BCUT2D eigenvalue weighted by Crippen LogP contribution is -2.12. The molecule has 0 spiro atoms. The predicted octanol–water partition coefficient (Wildman–Crippen LogP) is 1.31. The highest BCUT2D eigenvalue weighted by Crippen LogP contribution is 2.07. The summed E-state index contributed by atoms with van der Waals surface area (Å²) < 4.78 is 0. The van der Waals surface area contributed by atoms with E-state index < -0.39 is 0 Å². The molecule has 0 saturated carbocycles. The molecule has 0 aliphatic rings. The molecule has 5 nitrogen and oxygen atoms in total. The molecule has 0 saturated heterocycles. The highest BCUT2D eigenvalue weighted by Gasteiger charge is 2.05. The van der Waals surface area contributed by atoms with Crippen LogP contribution in [0.2, 0.25) is 0 Å². The lowest BCUT2D eigenvalue weighted by molar-refractivity contribution is 0.102. The van der Waals surface area contributed by atoms with Crippen molar-refractivity contribution in [2.75, 3.05) is 11.1 Å². The number of nitrogens with zero attached hydrogens (tertiary/aromatic N) is 2.